The van der Waals surface area contributed by atoms with Gasteiger partial charge in [-0.05, 0) is 48.5 Å². The van der Waals surface area contributed by atoms with Gasteiger partial charge >= 0.3 is 6.03 Å². The molecule has 0 spiro atoms. The number of amides is 2. The smallest absolute Gasteiger partial charge is 0.323 e. The number of rotatable bonds is 6. The Morgan fingerprint density at radius 2 is 1.50 bits per heavy atom. The molecule has 0 fully saturated rings. The maximum atomic E-state index is 12.7. The maximum absolute atomic E-state index is 12.7. The topological polar surface area (TPSA) is 96.5 Å². The molecule has 0 aliphatic rings. The van der Waals surface area contributed by atoms with E-state index >= 15 is 0 Å². The SMILES string of the molecule is COc1cccc(NC(=O)Nc2cccc(S(=O)(=O)Nc3ccc(Cl)c(Cl)c3)c2)c1. The van der Waals surface area contributed by atoms with Gasteiger partial charge in [-0.1, -0.05) is 35.3 Å². The minimum atomic E-state index is -3.91. The largest absolute Gasteiger partial charge is 0.497 e. The van der Waals surface area contributed by atoms with Gasteiger partial charge in [0.1, 0.15) is 5.75 Å². The summed E-state index contributed by atoms with van der Waals surface area (Å²) in [6.07, 6.45) is 0. The minimum Gasteiger partial charge on any atom is -0.497 e. The molecule has 0 aliphatic heterocycles. The minimum absolute atomic E-state index is 0.0345. The molecule has 0 heterocycles. The van der Waals surface area contributed by atoms with Crippen LogP contribution in [-0.2, 0) is 10.0 Å². The first kappa shape index (κ1) is 21.8. The van der Waals surface area contributed by atoms with E-state index in [-0.39, 0.29) is 15.6 Å². The Hall–Kier alpha value is -2.94. The summed E-state index contributed by atoms with van der Waals surface area (Å²) in [6.45, 7) is 0. The molecule has 0 saturated carbocycles. The lowest BCUT2D eigenvalue weighted by Crippen LogP contribution is -2.20. The van der Waals surface area contributed by atoms with Crippen LogP contribution in [0.2, 0.25) is 10.0 Å². The van der Waals surface area contributed by atoms with E-state index in [1.165, 1.54) is 43.5 Å². The highest BCUT2D eigenvalue weighted by Crippen LogP contribution is 2.27. The summed E-state index contributed by atoms with van der Waals surface area (Å²) < 4.78 is 32.9. The van der Waals surface area contributed by atoms with Crippen molar-refractivity contribution >= 4 is 56.3 Å². The number of carbonyl (C=O) groups excluding carboxylic acids is 1. The van der Waals surface area contributed by atoms with Gasteiger partial charge < -0.3 is 15.4 Å². The molecule has 7 nitrogen and oxygen atoms in total. The molecule has 156 valence electrons. The van der Waals surface area contributed by atoms with Crippen molar-refractivity contribution < 1.29 is 17.9 Å². The average Bonchev–Trinajstić information content (AvgIpc) is 2.71. The van der Waals surface area contributed by atoms with Crippen molar-refractivity contribution in [1.82, 2.24) is 0 Å². The van der Waals surface area contributed by atoms with Crippen LogP contribution >= 0.6 is 23.2 Å². The summed E-state index contributed by atoms with van der Waals surface area (Å²) in [5.41, 5.74) is 1.09. The van der Waals surface area contributed by atoms with Crippen molar-refractivity contribution in [3.8, 4) is 5.75 Å². The number of carbonyl (C=O) groups is 1. The summed E-state index contributed by atoms with van der Waals surface area (Å²) >= 11 is 11.8. The van der Waals surface area contributed by atoms with E-state index in [1.807, 2.05) is 0 Å². The Kier molecular flexibility index (Phi) is 6.71. The third-order valence-corrected chi connectivity index (χ3v) is 6.02. The van der Waals surface area contributed by atoms with Crippen LogP contribution in [0.1, 0.15) is 0 Å². The van der Waals surface area contributed by atoms with Gasteiger partial charge in [-0.15, -0.1) is 0 Å². The molecule has 0 aliphatic carbocycles. The van der Waals surface area contributed by atoms with Crippen LogP contribution in [-0.4, -0.2) is 21.6 Å². The molecule has 3 rings (SSSR count). The monoisotopic (exact) mass is 465 g/mol. The van der Waals surface area contributed by atoms with Gasteiger partial charge in [0.05, 0.1) is 27.7 Å². The first-order chi connectivity index (χ1) is 14.3. The van der Waals surface area contributed by atoms with Crippen molar-refractivity contribution in [3.63, 3.8) is 0 Å². The molecule has 30 heavy (non-hydrogen) atoms. The number of benzene rings is 3. The Balaban J connectivity index is 1.72. The highest BCUT2D eigenvalue weighted by atomic mass is 35.5. The summed E-state index contributed by atoms with van der Waals surface area (Å²) in [4.78, 5) is 12.2. The number of nitrogens with one attached hydrogen (secondary N) is 3. The molecule has 3 aromatic rings. The lowest BCUT2D eigenvalue weighted by atomic mass is 10.3. The molecule has 3 N–H and O–H groups in total. The van der Waals surface area contributed by atoms with E-state index in [9.17, 15) is 13.2 Å². The van der Waals surface area contributed by atoms with Gasteiger partial charge in [-0.3, -0.25) is 4.72 Å². The number of urea groups is 1. The molecule has 0 radical (unpaired) electrons. The van der Waals surface area contributed by atoms with E-state index in [0.29, 0.717) is 22.1 Å². The average molecular weight is 466 g/mol. The second kappa shape index (κ2) is 9.25. The number of hydrogen-bond acceptors (Lipinski definition) is 4. The van der Waals surface area contributed by atoms with E-state index in [0.717, 1.165) is 0 Å². The Labute approximate surface area is 184 Å². The first-order valence-corrected chi connectivity index (χ1v) is 10.8. The molecule has 2 amide bonds. The predicted molar refractivity (Wildman–Crippen MR) is 119 cm³/mol. The zero-order chi connectivity index (χ0) is 21.7. The second-order valence-electron chi connectivity index (χ2n) is 6.07. The molecule has 0 atom stereocenters. The van der Waals surface area contributed by atoms with Gasteiger partial charge in [0, 0.05) is 17.4 Å². The Morgan fingerprint density at radius 3 is 2.17 bits per heavy atom. The van der Waals surface area contributed by atoms with Crippen molar-refractivity contribution in [1.29, 1.82) is 0 Å². The third-order valence-electron chi connectivity index (χ3n) is 3.90. The predicted octanol–water partition coefficient (Wildman–Crippen LogP) is 5.45. The lowest BCUT2D eigenvalue weighted by Gasteiger charge is -2.12. The summed E-state index contributed by atoms with van der Waals surface area (Å²) in [5, 5.41) is 5.79. The number of halogens is 2. The number of anilines is 3. The highest BCUT2D eigenvalue weighted by Gasteiger charge is 2.16. The van der Waals surface area contributed by atoms with E-state index in [1.54, 1.807) is 30.3 Å². The van der Waals surface area contributed by atoms with Gasteiger partial charge in [0.2, 0.25) is 0 Å². The van der Waals surface area contributed by atoms with Gasteiger partial charge in [0.15, 0.2) is 0 Å². The third kappa shape index (κ3) is 5.56. The molecule has 3 aromatic carbocycles. The summed E-state index contributed by atoms with van der Waals surface area (Å²) in [5.74, 6) is 0.592. The Bertz CT molecular complexity index is 1190. The molecular weight excluding hydrogens is 449 g/mol. The molecule has 0 aromatic heterocycles. The van der Waals surface area contributed by atoms with E-state index in [4.69, 9.17) is 27.9 Å². The summed E-state index contributed by atoms with van der Waals surface area (Å²) in [7, 11) is -2.38. The van der Waals surface area contributed by atoms with Crippen molar-refractivity contribution in [3.05, 3.63) is 76.8 Å². The maximum Gasteiger partial charge on any atom is 0.323 e. The second-order valence-corrected chi connectivity index (χ2v) is 8.57. The van der Waals surface area contributed by atoms with Crippen molar-refractivity contribution in [2.24, 2.45) is 0 Å². The van der Waals surface area contributed by atoms with Gasteiger partial charge in [-0.2, -0.15) is 0 Å². The van der Waals surface area contributed by atoms with Gasteiger partial charge in [-0.25, -0.2) is 13.2 Å². The van der Waals surface area contributed by atoms with Crippen LogP contribution in [0.15, 0.2) is 71.6 Å². The quantitative estimate of drug-likeness (QED) is 0.450. The molecule has 0 saturated heterocycles. The van der Waals surface area contributed by atoms with Crippen LogP contribution in [0.5, 0.6) is 5.75 Å². The highest BCUT2D eigenvalue weighted by molar-refractivity contribution is 7.92. The molecule has 0 bridgehead atoms. The number of sulfonamides is 1. The Morgan fingerprint density at radius 1 is 0.833 bits per heavy atom. The molecule has 10 heteroatoms. The van der Waals surface area contributed by atoms with E-state index in [2.05, 4.69) is 15.4 Å². The first-order valence-electron chi connectivity index (χ1n) is 8.57. The molecule has 0 unspecified atom stereocenters. The van der Waals surface area contributed by atoms with Crippen LogP contribution in [0.4, 0.5) is 21.9 Å². The van der Waals surface area contributed by atoms with Crippen LogP contribution in [0.3, 0.4) is 0 Å². The summed E-state index contributed by atoms with van der Waals surface area (Å²) in [6, 6.07) is 16.5. The van der Waals surface area contributed by atoms with Crippen molar-refractivity contribution in [2.45, 2.75) is 4.90 Å². The number of methoxy groups -OCH3 is 1. The zero-order valence-electron chi connectivity index (χ0n) is 15.6. The zero-order valence-corrected chi connectivity index (χ0v) is 18.0. The standard InChI is InChI=1S/C20H17Cl2N3O4S/c1-29-16-6-2-4-13(10-16)23-20(26)24-14-5-3-7-17(11-14)30(27,28)25-15-8-9-18(21)19(22)12-15/h2-12,25H,1H3,(H2,23,24,26). The number of ether oxygens (including phenoxy) is 1. The van der Waals surface area contributed by atoms with E-state index < -0.39 is 16.1 Å². The van der Waals surface area contributed by atoms with Crippen LogP contribution in [0.25, 0.3) is 0 Å². The van der Waals surface area contributed by atoms with Crippen molar-refractivity contribution in [2.75, 3.05) is 22.5 Å². The lowest BCUT2D eigenvalue weighted by molar-refractivity contribution is 0.262. The van der Waals surface area contributed by atoms with Gasteiger partial charge in [0.25, 0.3) is 10.0 Å². The molecular formula is C20H17Cl2N3O4S. The fraction of sp³-hybridized carbons (Fsp3) is 0.0500. The fourth-order valence-corrected chi connectivity index (χ4v) is 3.90. The van der Waals surface area contributed by atoms with Crippen LogP contribution < -0.4 is 20.1 Å². The fourth-order valence-electron chi connectivity index (χ4n) is 2.51. The number of hydrogen-bond donors (Lipinski definition) is 3. The van der Waals surface area contributed by atoms with Crippen LogP contribution in [0, 0.1) is 0 Å². The normalized spacial score (nSPS) is 10.9.